The van der Waals surface area contributed by atoms with Crippen molar-refractivity contribution < 1.29 is 4.39 Å². The second-order valence-corrected chi connectivity index (χ2v) is 5.28. The Morgan fingerprint density at radius 3 is 2.55 bits per heavy atom. The number of hydrogen-bond donors (Lipinski definition) is 1. The summed E-state index contributed by atoms with van der Waals surface area (Å²) in [6.45, 7) is 1.86. The first-order valence-electron chi connectivity index (χ1n) is 6.00. The van der Waals surface area contributed by atoms with Gasteiger partial charge in [0, 0.05) is 12.6 Å². The van der Waals surface area contributed by atoms with Crippen LogP contribution in [0.5, 0.6) is 0 Å². The number of halogens is 3. The predicted octanol–water partition coefficient (Wildman–Crippen LogP) is 4.31. The van der Waals surface area contributed by atoms with E-state index in [0.29, 0.717) is 21.4 Å². The molecule has 0 amide bonds. The van der Waals surface area contributed by atoms with Crippen LogP contribution in [0.4, 0.5) is 16.0 Å². The Bertz CT molecular complexity index is 634. The molecular weight excluding hydrogens is 300 g/mol. The zero-order valence-electron chi connectivity index (χ0n) is 11.1. The fourth-order valence-corrected chi connectivity index (χ4v) is 2.42. The normalized spacial score (nSPS) is 12.2. The summed E-state index contributed by atoms with van der Waals surface area (Å²) in [6.07, 6.45) is 0. The highest BCUT2D eigenvalue weighted by Gasteiger charge is 2.19. The minimum atomic E-state index is -0.273. The van der Waals surface area contributed by atoms with Gasteiger partial charge < -0.3 is 10.6 Å². The van der Waals surface area contributed by atoms with Gasteiger partial charge in [0.1, 0.15) is 17.5 Å². The monoisotopic (exact) mass is 313 g/mol. The molecule has 2 aromatic rings. The lowest BCUT2D eigenvalue weighted by atomic mass is 10.1. The molecule has 1 unspecified atom stereocenters. The predicted molar refractivity (Wildman–Crippen MR) is 81.9 cm³/mol. The Morgan fingerprint density at radius 2 is 1.90 bits per heavy atom. The molecule has 0 spiro atoms. The molecule has 2 N–H and O–H groups in total. The largest absolute Gasteiger partial charge is 0.382 e. The van der Waals surface area contributed by atoms with Gasteiger partial charge in [0.15, 0.2) is 0 Å². The topological polar surface area (TPSA) is 42.2 Å². The molecule has 6 heteroatoms. The lowest BCUT2D eigenvalue weighted by Crippen LogP contribution is -2.24. The van der Waals surface area contributed by atoms with E-state index in [9.17, 15) is 4.39 Å². The van der Waals surface area contributed by atoms with Gasteiger partial charge in [0.25, 0.3) is 0 Å². The molecule has 1 atom stereocenters. The van der Waals surface area contributed by atoms with E-state index >= 15 is 0 Å². The summed E-state index contributed by atoms with van der Waals surface area (Å²) in [7, 11) is 1.78. The average molecular weight is 314 g/mol. The van der Waals surface area contributed by atoms with Crippen LogP contribution in [0.15, 0.2) is 30.3 Å². The quantitative estimate of drug-likeness (QED) is 0.918. The molecule has 0 aliphatic carbocycles. The van der Waals surface area contributed by atoms with Crippen LogP contribution in [0.1, 0.15) is 18.5 Å². The molecule has 0 saturated heterocycles. The van der Waals surface area contributed by atoms with Crippen LogP contribution in [-0.4, -0.2) is 12.0 Å². The third kappa shape index (κ3) is 2.81. The molecule has 20 heavy (non-hydrogen) atoms. The third-order valence-electron chi connectivity index (χ3n) is 3.21. The minimum Gasteiger partial charge on any atom is -0.382 e. The number of benzene rings is 1. The Morgan fingerprint density at radius 1 is 1.25 bits per heavy atom. The SMILES string of the molecule is CC(c1ccccc1F)N(C)c1nc(N)c(Cl)cc1Cl. The van der Waals surface area contributed by atoms with Gasteiger partial charge in [-0.05, 0) is 19.1 Å². The first-order valence-corrected chi connectivity index (χ1v) is 6.76. The molecule has 1 aromatic heterocycles. The Hall–Kier alpha value is -1.52. The summed E-state index contributed by atoms with van der Waals surface area (Å²) in [6, 6.07) is 7.87. The van der Waals surface area contributed by atoms with Crippen molar-refractivity contribution in [1.82, 2.24) is 4.98 Å². The summed E-state index contributed by atoms with van der Waals surface area (Å²) in [4.78, 5) is 5.92. The Kier molecular flexibility index (Phi) is 4.35. The van der Waals surface area contributed by atoms with E-state index in [2.05, 4.69) is 4.98 Å². The molecule has 0 bridgehead atoms. The highest BCUT2D eigenvalue weighted by molar-refractivity contribution is 6.37. The van der Waals surface area contributed by atoms with Gasteiger partial charge in [-0.2, -0.15) is 0 Å². The van der Waals surface area contributed by atoms with Crippen LogP contribution in [0, 0.1) is 5.82 Å². The van der Waals surface area contributed by atoms with Crippen LogP contribution in [0.2, 0.25) is 10.0 Å². The molecule has 106 valence electrons. The van der Waals surface area contributed by atoms with Gasteiger partial charge in [-0.25, -0.2) is 9.37 Å². The van der Waals surface area contributed by atoms with Crippen LogP contribution >= 0.6 is 23.2 Å². The number of aromatic nitrogens is 1. The van der Waals surface area contributed by atoms with E-state index in [-0.39, 0.29) is 17.7 Å². The van der Waals surface area contributed by atoms with E-state index in [0.717, 1.165) is 0 Å². The molecule has 2 rings (SSSR count). The zero-order chi connectivity index (χ0) is 14.9. The third-order valence-corrected chi connectivity index (χ3v) is 3.79. The standard InChI is InChI=1S/C14H14Cl2FN3/c1-8(9-5-3-4-6-12(9)17)20(2)14-11(16)7-10(15)13(18)19-14/h3-8H,1-2H3,(H2,18,19). The van der Waals surface area contributed by atoms with Crippen LogP contribution in [0.25, 0.3) is 0 Å². The number of anilines is 2. The van der Waals surface area contributed by atoms with Crippen molar-refractivity contribution in [3.8, 4) is 0 Å². The highest BCUT2D eigenvalue weighted by atomic mass is 35.5. The molecule has 1 heterocycles. The van der Waals surface area contributed by atoms with Crippen LogP contribution in [0.3, 0.4) is 0 Å². The summed E-state index contributed by atoms with van der Waals surface area (Å²) >= 11 is 12.0. The van der Waals surface area contributed by atoms with E-state index in [4.69, 9.17) is 28.9 Å². The van der Waals surface area contributed by atoms with Crippen molar-refractivity contribution in [2.75, 3.05) is 17.7 Å². The lowest BCUT2D eigenvalue weighted by Gasteiger charge is -2.27. The molecule has 0 aliphatic heterocycles. The summed E-state index contributed by atoms with van der Waals surface area (Å²) < 4.78 is 13.8. The molecule has 0 aliphatic rings. The van der Waals surface area contributed by atoms with Gasteiger partial charge in [-0.3, -0.25) is 0 Å². The zero-order valence-corrected chi connectivity index (χ0v) is 12.6. The number of pyridine rings is 1. The maximum Gasteiger partial charge on any atom is 0.150 e. The van der Waals surface area contributed by atoms with Crippen LogP contribution in [-0.2, 0) is 0 Å². The fourth-order valence-electron chi connectivity index (χ4n) is 1.92. The fraction of sp³-hybridized carbons (Fsp3) is 0.214. The molecule has 1 aromatic carbocycles. The van der Waals surface area contributed by atoms with Crippen molar-refractivity contribution in [3.63, 3.8) is 0 Å². The van der Waals surface area contributed by atoms with Crippen molar-refractivity contribution in [3.05, 3.63) is 51.8 Å². The van der Waals surface area contributed by atoms with Gasteiger partial charge in [0.2, 0.25) is 0 Å². The maximum atomic E-state index is 13.8. The second-order valence-electron chi connectivity index (χ2n) is 4.47. The molecule has 0 radical (unpaired) electrons. The second kappa shape index (κ2) is 5.85. The number of nitrogen functional groups attached to an aromatic ring is 1. The van der Waals surface area contributed by atoms with Crippen molar-refractivity contribution in [2.45, 2.75) is 13.0 Å². The van der Waals surface area contributed by atoms with E-state index in [1.807, 2.05) is 6.92 Å². The summed E-state index contributed by atoms with van der Waals surface area (Å²) in [5.41, 5.74) is 6.25. The summed E-state index contributed by atoms with van der Waals surface area (Å²) in [5, 5.41) is 0.667. The average Bonchev–Trinajstić information content (AvgIpc) is 2.42. The van der Waals surface area contributed by atoms with E-state index in [1.165, 1.54) is 12.1 Å². The van der Waals surface area contributed by atoms with Gasteiger partial charge in [-0.15, -0.1) is 0 Å². The van der Waals surface area contributed by atoms with Crippen molar-refractivity contribution in [1.29, 1.82) is 0 Å². The molecule has 0 saturated carbocycles. The first kappa shape index (κ1) is 14.9. The highest BCUT2D eigenvalue weighted by Crippen LogP contribution is 2.33. The van der Waals surface area contributed by atoms with E-state index < -0.39 is 0 Å². The smallest absolute Gasteiger partial charge is 0.150 e. The van der Waals surface area contributed by atoms with Crippen LogP contribution < -0.4 is 10.6 Å². The van der Waals surface area contributed by atoms with Crippen molar-refractivity contribution in [2.24, 2.45) is 0 Å². The number of nitrogens with zero attached hydrogens (tertiary/aromatic N) is 2. The molecule has 0 fully saturated rings. The molecular formula is C14H14Cl2FN3. The Labute approximate surface area is 127 Å². The van der Waals surface area contributed by atoms with Crippen molar-refractivity contribution >= 4 is 34.8 Å². The summed E-state index contributed by atoms with van der Waals surface area (Å²) in [5.74, 6) is 0.382. The van der Waals surface area contributed by atoms with Gasteiger partial charge in [0.05, 0.1) is 16.1 Å². The maximum absolute atomic E-state index is 13.8. The number of hydrogen-bond acceptors (Lipinski definition) is 3. The lowest BCUT2D eigenvalue weighted by molar-refractivity contribution is 0.584. The first-order chi connectivity index (χ1) is 9.41. The van der Waals surface area contributed by atoms with Gasteiger partial charge >= 0.3 is 0 Å². The van der Waals surface area contributed by atoms with Gasteiger partial charge in [-0.1, -0.05) is 41.4 Å². The number of nitrogens with two attached hydrogens (primary N) is 1. The molecule has 3 nitrogen and oxygen atoms in total. The number of rotatable bonds is 3. The van der Waals surface area contributed by atoms with E-state index in [1.54, 1.807) is 30.1 Å². The Balaban J connectivity index is 2.39. The minimum absolute atomic E-state index is 0.193.